The van der Waals surface area contributed by atoms with E-state index in [1.165, 1.54) is 22.2 Å². The molecule has 118 valence electrons. The van der Waals surface area contributed by atoms with Gasteiger partial charge in [-0.2, -0.15) is 0 Å². The van der Waals surface area contributed by atoms with Crippen LogP contribution in [0.3, 0.4) is 0 Å². The normalized spacial score (nSPS) is 12.3. The molecule has 23 heavy (non-hydrogen) atoms. The Balaban J connectivity index is 1.94. The van der Waals surface area contributed by atoms with E-state index in [9.17, 15) is 9.59 Å². The lowest BCUT2D eigenvalue weighted by atomic mass is 10.1. The molecular formula is C16H16N4O2S. The van der Waals surface area contributed by atoms with E-state index in [1.54, 1.807) is 26.4 Å². The van der Waals surface area contributed by atoms with Crippen molar-refractivity contribution in [3.63, 3.8) is 0 Å². The first-order valence-corrected chi connectivity index (χ1v) is 7.96. The van der Waals surface area contributed by atoms with Gasteiger partial charge in [0.25, 0.3) is 11.5 Å². The van der Waals surface area contributed by atoms with Gasteiger partial charge in [0.05, 0.1) is 22.6 Å². The maximum atomic E-state index is 12.6. The number of fused-ring (bicyclic) bond motifs is 1. The van der Waals surface area contributed by atoms with Crippen LogP contribution in [0.5, 0.6) is 0 Å². The number of hydrogen-bond donors (Lipinski definition) is 1. The van der Waals surface area contributed by atoms with E-state index in [2.05, 4.69) is 15.3 Å². The van der Waals surface area contributed by atoms with Crippen LogP contribution >= 0.6 is 11.3 Å². The standard InChI is InChI=1S/C16H16N4O2S/c1-9-12-15(18-8-20(3)16(12)22)23-13(9)14(21)19-10(2)11-4-6-17-7-5-11/h4-8,10H,1-3H3,(H,19,21)/t10-/m0/s1. The Morgan fingerprint density at radius 1 is 1.35 bits per heavy atom. The molecule has 1 amide bonds. The van der Waals surface area contributed by atoms with Crippen molar-refractivity contribution < 1.29 is 4.79 Å². The molecule has 3 heterocycles. The van der Waals surface area contributed by atoms with Gasteiger partial charge in [0.15, 0.2) is 0 Å². The Hall–Kier alpha value is -2.54. The third kappa shape index (κ3) is 2.75. The van der Waals surface area contributed by atoms with Gasteiger partial charge in [-0.05, 0) is 37.1 Å². The summed E-state index contributed by atoms with van der Waals surface area (Å²) in [4.78, 5) is 34.1. The third-order valence-corrected chi connectivity index (χ3v) is 4.97. The number of aryl methyl sites for hydroxylation is 2. The van der Waals surface area contributed by atoms with Gasteiger partial charge < -0.3 is 9.88 Å². The lowest BCUT2D eigenvalue weighted by Crippen LogP contribution is -2.26. The average molecular weight is 328 g/mol. The number of carbonyl (C=O) groups is 1. The Labute approximate surface area is 136 Å². The number of carbonyl (C=O) groups excluding carboxylic acids is 1. The fraction of sp³-hybridized carbons (Fsp3) is 0.250. The van der Waals surface area contributed by atoms with Gasteiger partial charge in [0, 0.05) is 19.4 Å². The van der Waals surface area contributed by atoms with E-state index in [0.29, 0.717) is 20.7 Å². The Morgan fingerprint density at radius 2 is 2.04 bits per heavy atom. The molecule has 0 aliphatic rings. The third-order valence-electron chi connectivity index (χ3n) is 3.77. The van der Waals surface area contributed by atoms with Crippen molar-refractivity contribution in [3.05, 3.63) is 57.2 Å². The highest BCUT2D eigenvalue weighted by molar-refractivity contribution is 7.20. The van der Waals surface area contributed by atoms with Crippen molar-refractivity contribution in [1.29, 1.82) is 0 Å². The van der Waals surface area contributed by atoms with Crippen molar-refractivity contribution in [2.75, 3.05) is 0 Å². The van der Waals surface area contributed by atoms with Crippen LogP contribution in [0.1, 0.15) is 33.8 Å². The van der Waals surface area contributed by atoms with Crippen molar-refractivity contribution in [2.45, 2.75) is 19.9 Å². The molecule has 0 aliphatic carbocycles. The van der Waals surface area contributed by atoms with Gasteiger partial charge in [-0.1, -0.05) is 0 Å². The summed E-state index contributed by atoms with van der Waals surface area (Å²) in [5.41, 5.74) is 1.52. The quantitative estimate of drug-likeness (QED) is 0.799. The molecule has 0 saturated heterocycles. The first kappa shape index (κ1) is 15.4. The number of nitrogens with one attached hydrogen (secondary N) is 1. The summed E-state index contributed by atoms with van der Waals surface area (Å²) in [5, 5.41) is 3.47. The minimum absolute atomic E-state index is 0.134. The van der Waals surface area contributed by atoms with E-state index in [0.717, 1.165) is 5.56 Å². The molecule has 7 heteroatoms. The van der Waals surface area contributed by atoms with Crippen molar-refractivity contribution in [2.24, 2.45) is 7.05 Å². The van der Waals surface area contributed by atoms with Crippen LogP contribution in [0.15, 0.2) is 35.6 Å². The van der Waals surface area contributed by atoms with E-state index in [4.69, 9.17) is 0 Å². The minimum Gasteiger partial charge on any atom is -0.345 e. The molecule has 1 N–H and O–H groups in total. The predicted molar refractivity (Wildman–Crippen MR) is 89.7 cm³/mol. The number of amides is 1. The Bertz CT molecular complexity index is 930. The van der Waals surface area contributed by atoms with Gasteiger partial charge in [-0.15, -0.1) is 11.3 Å². The summed E-state index contributed by atoms with van der Waals surface area (Å²) in [5.74, 6) is -0.197. The zero-order chi connectivity index (χ0) is 16.6. The second kappa shape index (κ2) is 5.92. The van der Waals surface area contributed by atoms with E-state index in [-0.39, 0.29) is 17.5 Å². The molecule has 0 radical (unpaired) electrons. The van der Waals surface area contributed by atoms with Gasteiger partial charge in [0.2, 0.25) is 0 Å². The predicted octanol–water partition coefficient (Wildman–Crippen LogP) is 2.19. The average Bonchev–Trinajstić information content (AvgIpc) is 2.89. The highest BCUT2D eigenvalue weighted by Gasteiger charge is 2.20. The molecule has 0 aliphatic heterocycles. The maximum Gasteiger partial charge on any atom is 0.262 e. The van der Waals surface area contributed by atoms with Crippen LogP contribution in [0.2, 0.25) is 0 Å². The number of nitrogens with zero attached hydrogens (tertiary/aromatic N) is 3. The number of rotatable bonds is 3. The van der Waals surface area contributed by atoms with Crippen LogP contribution in [-0.4, -0.2) is 20.4 Å². The molecule has 0 unspecified atom stereocenters. The fourth-order valence-electron chi connectivity index (χ4n) is 2.42. The van der Waals surface area contributed by atoms with E-state index in [1.807, 2.05) is 19.1 Å². The SMILES string of the molecule is Cc1c(C(=O)N[C@@H](C)c2ccncc2)sc2ncn(C)c(=O)c12. The second-order valence-corrected chi connectivity index (χ2v) is 6.37. The topological polar surface area (TPSA) is 76.9 Å². The number of hydrogen-bond acceptors (Lipinski definition) is 5. The molecule has 0 aromatic carbocycles. The van der Waals surface area contributed by atoms with E-state index < -0.39 is 0 Å². The smallest absolute Gasteiger partial charge is 0.262 e. The molecule has 1 atom stereocenters. The highest BCUT2D eigenvalue weighted by Crippen LogP contribution is 2.27. The minimum atomic E-state index is -0.197. The molecule has 0 bridgehead atoms. The molecular weight excluding hydrogens is 312 g/mol. The fourth-order valence-corrected chi connectivity index (χ4v) is 3.47. The van der Waals surface area contributed by atoms with Gasteiger partial charge >= 0.3 is 0 Å². The van der Waals surface area contributed by atoms with Gasteiger partial charge in [0.1, 0.15) is 4.83 Å². The largest absolute Gasteiger partial charge is 0.345 e. The molecule has 0 spiro atoms. The molecule has 0 saturated carbocycles. The number of thiophene rings is 1. The zero-order valence-corrected chi connectivity index (χ0v) is 13.8. The van der Waals surface area contributed by atoms with Crippen LogP contribution in [0.4, 0.5) is 0 Å². The summed E-state index contributed by atoms with van der Waals surface area (Å²) in [6, 6.07) is 3.57. The van der Waals surface area contributed by atoms with Crippen LogP contribution in [-0.2, 0) is 7.05 Å². The molecule has 3 aromatic rings. The summed E-state index contributed by atoms with van der Waals surface area (Å²) in [6.45, 7) is 3.70. The molecule has 3 aromatic heterocycles. The monoisotopic (exact) mass is 328 g/mol. The summed E-state index contributed by atoms with van der Waals surface area (Å²) in [7, 11) is 1.65. The van der Waals surface area contributed by atoms with Crippen LogP contribution in [0, 0.1) is 6.92 Å². The van der Waals surface area contributed by atoms with Crippen LogP contribution in [0.25, 0.3) is 10.2 Å². The van der Waals surface area contributed by atoms with E-state index >= 15 is 0 Å². The highest BCUT2D eigenvalue weighted by atomic mass is 32.1. The number of pyridine rings is 1. The maximum absolute atomic E-state index is 12.6. The first-order chi connectivity index (χ1) is 11.0. The first-order valence-electron chi connectivity index (χ1n) is 7.14. The second-order valence-electron chi connectivity index (χ2n) is 5.37. The summed E-state index contributed by atoms with van der Waals surface area (Å²) in [6.07, 6.45) is 4.86. The Morgan fingerprint density at radius 3 is 2.74 bits per heavy atom. The molecule has 0 fully saturated rings. The zero-order valence-electron chi connectivity index (χ0n) is 13.0. The van der Waals surface area contributed by atoms with Crippen molar-refractivity contribution in [1.82, 2.24) is 19.9 Å². The van der Waals surface area contributed by atoms with Gasteiger partial charge in [-0.25, -0.2) is 4.98 Å². The van der Waals surface area contributed by atoms with Crippen LogP contribution < -0.4 is 10.9 Å². The van der Waals surface area contributed by atoms with Crippen molar-refractivity contribution in [3.8, 4) is 0 Å². The lowest BCUT2D eigenvalue weighted by Gasteiger charge is -2.13. The number of aromatic nitrogens is 3. The summed E-state index contributed by atoms with van der Waals surface area (Å²) >= 11 is 1.24. The Kier molecular flexibility index (Phi) is 3.96. The van der Waals surface area contributed by atoms with Gasteiger partial charge in [-0.3, -0.25) is 14.6 Å². The van der Waals surface area contributed by atoms with Crippen molar-refractivity contribution >= 4 is 27.5 Å². The molecule has 3 rings (SSSR count). The summed E-state index contributed by atoms with van der Waals surface area (Å²) < 4.78 is 1.42. The lowest BCUT2D eigenvalue weighted by molar-refractivity contribution is 0.0943. The molecule has 6 nitrogen and oxygen atoms in total.